The highest BCUT2D eigenvalue weighted by Crippen LogP contribution is 2.18. The maximum atomic E-state index is 11.7. The molecule has 0 aliphatic heterocycles. The normalized spacial score (nSPS) is 13.3. The van der Waals surface area contributed by atoms with Crippen LogP contribution in [0, 0.1) is 5.41 Å². The molecule has 4 heteroatoms. The fourth-order valence-corrected chi connectivity index (χ4v) is 1.44. The van der Waals surface area contributed by atoms with Crippen LogP contribution in [0.5, 0.6) is 0 Å². The summed E-state index contributed by atoms with van der Waals surface area (Å²) in [6.07, 6.45) is 2.42. The molecule has 0 heterocycles. The lowest BCUT2D eigenvalue weighted by atomic mass is 9.85. The molecule has 0 radical (unpaired) electrons. The van der Waals surface area contributed by atoms with Gasteiger partial charge in [0, 0.05) is 18.9 Å². The Balaban J connectivity index is 3.70. The van der Waals surface area contributed by atoms with Crippen LogP contribution in [-0.2, 0) is 9.59 Å². The van der Waals surface area contributed by atoms with Gasteiger partial charge in [0.15, 0.2) is 5.78 Å². The molecule has 0 aromatic rings. The van der Waals surface area contributed by atoms with Gasteiger partial charge >= 0.3 is 0 Å². The molecule has 94 valence electrons. The highest BCUT2D eigenvalue weighted by molar-refractivity contribution is 5.88. The topological polar surface area (TPSA) is 72.2 Å². The van der Waals surface area contributed by atoms with Gasteiger partial charge in [-0.1, -0.05) is 20.8 Å². The zero-order valence-electron chi connectivity index (χ0n) is 10.8. The Morgan fingerprint density at radius 2 is 1.81 bits per heavy atom. The molecule has 0 aliphatic rings. The lowest BCUT2D eigenvalue weighted by Crippen LogP contribution is -2.38. The van der Waals surface area contributed by atoms with E-state index in [0.717, 1.165) is 12.8 Å². The first-order chi connectivity index (χ1) is 7.25. The summed E-state index contributed by atoms with van der Waals surface area (Å²) in [6.45, 7) is 7.80. The SMILES string of the molecule is CC(=O)NCCCCC(N)C(=O)C(C)(C)C. The molecule has 0 aliphatic carbocycles. The Morgan fingerprint density at radius 3 is 2.25 bits per heavy atom. The van der Waals surface area contributed by atoms with Gasteiger partial charge in [0.25, 0.3) is 0 Å². The number of carbonyl (C=O) groups is 2. The molecule has 1 atom stereocenters. The first-order valence-corrected chi connectivity index (χ1v) is 5.79. The van der Waals surface area contributed by atoms with Crippen molar-refractivity contribution in [1.29, 1.82) is 0 Å². The minimum Gasteiger partial charge on any atom is -0.356 e. The van der Waals surface area contributed by atoms with Crippen LogP contribution in [0.3, 0.4) is 0 Å². The van der Waals surface area contributed by atoms with E-state index in [0.29, 0.717) is 13.0 Å². The summed E-state index contributed by atoms with van der Waals surface area (Å²) in [4.78, 5) is 22.3. The molecule has 0 spiro atoms. The zero-order valence-corrected chi connectivity index (χ0v) is 10.8. The lowest BCUT2D eigenvalue weighted by Gasteiger charge is -2.21. The maximum absolute atomic E-state index is 11.7. The van der Waals surface area contributed by atoms with Crippen LogP contribution in [0.25, 0.3) is 0 Å². The van der Waals surface area contributed by atoms with Crippen LogP contribution in [0.15, 0.2) is 0 Å². The molecule has 0 aromatic carbocycles. The van der Waals surface area contributed by atoms with E-state index in [4.69, 9.17) is 5.73 Å². The summed E-state index contributed by atoms with van der Waals surface area (Å²) in [5.74, 6) is 0.0853. The van der Waals surface area contributed by atoms with Gasteiger partial charge in [0.1, 0.15) is 0 Å². The predicted octanol–water partition coefficient (Wildman–Crippen LogP) is 1.24. The number of unbranched alkanes of at least 4 members (excludes halogenated alkanes) is 1. The second-order valence-electron chi connectivity index (χ2n) is 5.20. The van der Waals surface area contributed by atoms with Crippen molar-refractivity contribution in [2.24, 2.45) is 11.1 Å². The molecule has 1 amide bonds. The lowest BCUT2D eigenvalue weighted by molar-refractivity contribution is -0.127. The molecule has 0 fully saturated rings. The molecule has 4 nitrogen and oxygen atoms in total. The van der Waals surface area contributed by atoms with Crippen molar-refractivity contribution in [2.75, 3.05) is 6.54 Å². The van der Waals surface area contributed by atoms with Crippen LogP contribution in [0.4, 0.5) is 0 Å². The summed E-state index contributed by atoms with van der Waals surface area (Å²) >= 11 is 0. The molecular weight excluding hydrogens is 204 g/mol. The smallest absolute Gasteiger partial charge is 0.216 e. The van der Waals surface area contributed by atoms with E-state index in [1.165, 1.54) is 6.92 Å². The number of nitrogens with one attached hydrogen (secondary N) is 1. The van der Waals surface area contributed by atoms with Gasteiger partial charge in [-0.15, -0.1) is 0 Å². The first-order valence-electron chi connectivity index (χ1n) is 5.79. The van der Waals surface area contributed by atoms with Gasteiger partial charge in [-0.3, -0.25) is 9.59 Å². The summed E-state index contributed by atoms with van der Waals surface area (Å²) in [5, 5.41) is 2.71. The average molecular weight is 228 g/mol. The third-order valence-electron chi connectivity index (χ3n) is 2.39. The van der Waals surface area contributed by atoms with Gasteiger partial charge in [-0.2, -0.15) is 0 Å². The molecule has 3 N–H and O–H groups in total. The number of amides is 1. The second-order valence-corrected chi connectivity index (χ2v) is 5.20. The zero-order chi connectivity index (χ0) is 12.8. The quantitative estimate of drug-likeness (QED) is 0.672. The second kappa shape index (κ2) is 6.63. The van der Waals surface area contributed by atoms with Gasteiger partial charge < -0.3 is 11.1 Å². The molecule has 0 bridgehead atoms. The number of rotatable bonds is 6. The minimum atomic E-state index is -0.377. The number of hydrogen-bond donors (Lipinski definition) is 2. The Morgan fingerprint density at radius 1 is 1.25 bits per heavy atom. The summed E-state index contributed by atoms with van der Waals surface area (Å²) < 4.78 is 0. The van der Waals surface area contributed by atoms with Crippen LogP contribution in [-0.4, -0.2) is 24.3 Å². The molecule has 1 unspecified atom stereocenters. The van der Waals surface area contributed by atoms with Crippen molar-refractivity contribution < 1.29 is 9.59 Å². The number of carbonyl (C=O) groups excluding carboxylic acids is 2. The monoisotopic (exact) mass is 228 g/mol. The van der Waals surface area contributed by atoms with Crippen molar-refractivity contribution >= 4 is 11.7 Å². The predicted molar refractivity (Wildman–Crippen MR) is 65.0 cm³/mol. The molecule has 0 saturated heterocycles. The van der Waals surface area contributed by atoms with E-state index < -0.39 is 0 Å². The molecular formula is C12H24N2O2. The Bertz CT molecular complexity index is 244. The highest BCUT2D eigenvalue weighted by Gasteiger charge is 2.26. The van der Waals surface area contributed by atoms with E-state index in [9.17, 15) is 9.59 Å². The van der Waals surface area contributed by atoms with Crippen LogP contribution < -0.4 is 11.1 Å². The van der Waals surface area contributed by atoms with E-state index >= 15 is 0 Å². The van der Waals surface area contributed by atoms with Gasteiger partial charge in [0.2, 0.25) is 5.91 Å². The standard InChI is InChI=1S/C12H24N2O2/c1-9(15)14-8-6-5-7-10(13)11(16)12(2,3)4/h10H,5-8,13H2,1-4H3,(H,14,15). The van der Waals surface area contributed by atoms with Gasteiger partial charge in [0.05, 0.1) is 6.04 Å². The van der Waals surface area contributed by atoms with Crippen molar-refractivity contribution in [3.63, 3.8) is 0 Å². The third-order valence-corrected chi connectivity index (χ3v) is 2.39. The molecule has 0 rings (SSSR count). The fourth-order valence-electron chi connectivity index (χ4n) is 1.44. The molecule has 0 aromatic heterocycles. The molecule has 16 heavy (non-hydrogen) atoms. The van der Waals surface area contributed by atoms with Gasteiger partial charge in [-0.25, -0.2) is 0 Å². The number of Topliss-reactive ketones (excluding diaryl/α,β-unsaturated/α-hetero) is 1. The van der Waals surface area contributed by atoms with Gasteiger partial charge in [-0.05, 0) is 19.3 Å². The molecule has 0 saturated carbocycles. The van der Waals surface area contributed by atoms with E-state index in [-0.39, 0.29) is 23.1 Å². The summed E-state index contributed by atoms with van der Waals surface area (Å²) in [5.41, 5.74) is 5.44. The summed E-state index contributed by atoms with van der Waals surface area (Å²) in [7, 11) is 0. The largest absolute Gasteiger partial charge is 0.356 e. The van der Waals surface area contributed by atoms with E-state index in [1.807, 2.05) is 20.8 Å². The van der Waals surface area contributed by atoms with E-state index in [1.54, 1.807) is 0 Å². The summed E-state index contributed by atoms with van der Waals surface area (Å²) in [6, 6.07) is -0.377. The number of nitrogens with two attached hydrogens (primary N) is 1. The average Bonchev–Trinajstić information content (AvgIpc) is 2.13. The van der Waals surface area contributed by atoms with Crippen molar-refractivity contribution in [1.82, 2.24) is 5.32 Å². The Kier molecular flexibility index (Phi) is 6.26. The fraction of sp³-hybridized carbons (Fsp3) is 0.833. The van der Waals surface area contributed by atoms with Crippen LogP contribution in [0.1, 0.15) is 47.0 Å². The maximum Gasteiger partial charge on any atom is 0.216 e. The van der Waals surface area contributed by atoms with Crippen molar-refractivity contribution in [3.05, 3.63) is 0 Å². The van der Waals surface area contributed by atoms with Crippen molar-refractivity contribution in [3.8, 4) is 0 Å². The highest BCUT2D eigenvalue weighted by atomic mass is 16.1. The number of ketones is 1. The third kappa shape index (κ3) is 6.56. The number of hydrogen-bond acceptors (Lipinski definition) is 3. The van der Waals surface area contributed by atoms with Crippen molar-refractivity contribution in [2.45, 2.75) is 53.0 Å². The van der Waals surface area contributed by atoms with E-state index in [2.05, 4.69) is 5.32 Å². The van der Waals surface area contributed by atoms with Crippen LogP contribution in [0.2, 0.25) is 0 Å². The Hall–Kier alpha value is -0.900. The first kappa shape index (κ1) is 15.1. The van der Waals surface area contributed by atoms with Crippen LogP contribution >= 0.6 is 0 Å². The Labute approximate surface area is 98.0 Å². The minimum absolute atomic E-state index is 0.0185.